The van der Waals surface area contributed by atoms with Crippen LogP contribution >= 0.6 is 0 Å². The van der Waals surface area contributed by atoms with Crippen molar-refractivity contribution in [1.82, 2.24) is 5.01 Å². The highest BCUT2D eigenvalue weighted by molar-refractivity contribution is 6.12. The quantitative estimate of drug-likeness (QED) is 0.396. The third-order valence-electron chi connectivity index (χ3n) is 7.53. The Balaban J connectivity index is 1.64. The van der Waals surface area contributed by atoms with Crippen LogP contribution in [0, 0.1) is 18.8 Å². The zero-order chi connectivity index (χ0) is 26.9. The van der Waals surface area contributed by atoms with Crippen LogP contribution in [0.1, 0.15) is 23.1 Å². The molecular formula is C32H30N2O4. The van der Waals surface area contributed by atoms with Crippen molar-refractivity contribution in [3.63, 3.8) is 0 Å². The molecule has 3 aromatic rings. The lowest BCUT2D eigenvalue weighted by Crippen LogP contribution is -2.49. The first kappa shape index (κ1) is 25.1. The molecule has 1 fully saturated rings. The zero-order valence-corrected chi connectivity index (χ0v) is 21.4. The summed E-state index contributed by atoms with van der Waals surface area (Å²) in [5, 5.41) is 11.2. The molecule has 1 heterocycles. The molecule has 0 saturated carbocycles. The summed E-state index contributed by atoms with van der Waals surface area (Å²) in [5.41, 5.74) is 6.12. The van der Waals surface area contributed by atoms with E-state index in [9.17, 15) is 14.7 Å². The summed E-state index contributed by atoms with van der Waals surface area (Å²) in [4.78, 5) is 28.3. The van der Waals surface area contributed by atoms with Gasteiger partial charge in [0.2, 0.25) is 0 Å². The maximum Gasteiger partial charge on any atom is 0.260 e. The molecule has 5 rings (SSSR count). The molecule has 0 bridgehead atoms. The highest BCUT2D eigenvalue weighted by atomic mass is 16.5. The standard InChI is InChI=1S/C32H30N2O4/c1-4-23-14-18-27-30(36)34(33-25-15-10-21(2)11-16-25)31(37)32(27,24-8-6-5-7-9-24)26(23)17-12-22-13-19-28(35)29(20-22)38-3/h4-17,19-20,26-27,33,35H,1,18H2,2-3H3/t26-,27-,32-/m0/s1. The van der Waals surface area contributed by atoms with E-state index >= 15 is 0 Å². The van der Waals surface area contributed by atoms with Crippen molar-refractivity contribution >= 4 is 23.6 Å². The first-order chi connectivity index (χ1) is 18.4. The molecule has 3 atom stereocenters. The number of methoxy groups -OCH3 is 1. The van der Waals surface area contributed by atoms with Crippen molar-refractivity contribution in [2.75, 3.05) is 12.5 Å². The van der Waals surface area contributed by atoms with E-state index in [2.05, 4.69) is 12.0 Å². The Kier molecular flexibility index (Phi) is 6.64. The molecule has 2 aliphatic rings. The number of amides is 2. The SMILES string of the molecule is C=CC1=CC[C@H]2C(=O)N(Nc3ccc(C)cc3)C(=O)[C@@]2(c2ccccc2)[C@H]1C=Cc1ccc(O)c(OC)c1. The van der Waals surface area contributed by atoms with Crippen LogP contribution in [-0.4, -0.2) is 29.0 Å². The Bertz CT molecular complexity index is 1440. The summed E-state index contributed by atoms with van der Waals surface area (Å²) < 4.78 is 5.26. The Morgan fingerprint density at radius 3 is 2.50 bits per heavy atom. The van der Waals surface area contributed by atoms with Crippen molar-refractivity contribution in [1.29, 1.82) is 0 Å². The second-order valence-electron chi connectivity index (χ2n) is 9.66. The minimum Gasteiger partial charge on any atom is -0.504 e. The number of allylic oxidation sites excluding steroid dienone is 4. The van der Waals surface area contributed by atoms with E-state index in [-0.39, 0.29) is 17.6 Å². The Hall–Kier alpha value is -4.58. The third kappa shape index (κ3) is 4.08. The number of carbonyl (C=O) groups is 2. The number of phenols is 1. The zero-order valence-electron chi connectivity index (χ0n) is 21.4. The van der Waals surface area contributed by atoms with Gasteiger partial charge in [-0.05, 0) is 54.3 Å². The Morgan fingerprint density at radius 1 is 1.08 bits per heavy atom. The predicted molar refractivity (Wildman–Crippen MR) is 148 cm³/mol. The molecule has 1 aliphatic carbocycles. The molecule has 6 nitrogen and oxygen atoms in total. The molecule has 1 saturated heterocycles. The second-order valence-corrected chi connectivity index (χ2v) is 9.66. The number of phenolic OH excluding ortho intramolecular Hbond substituents is 1. The monoisotopic (exact) mass is 506 g/mol. The number of imide groups is 1. The summed E-state index contributed by atoms with van der Waals surface area (Å²) in [6.45, 7) is 6.01. The largest absolute Gasteiger partial charge is 0.504 e. The maximum atomic E-state index is 14.5. The molecule has 2 N–H and O–H groups in total. The first-order valence-corrected chi connectivity index (χ1v) is 12.5. The topological polar surface area (TPSA) is 78.9 Å². The normalized spacial score (nSPS) is 22.8. The van der Waals surface area contributed by atoms with Crippen LogP contribution in [-0.2, 0) is 15.0 Å². The number of rotatable bonds is 7. The van der Waals surface area contributed by atoms with E-state index in [4.69, 9.17) is 4.74 Å². The summed E-state index contributed by atoms with van der Waals surface area (Å²) in [6.07, 6.45) is 8.04. The van der Waals surface area contributed by atoms with Crippen LogP contribution in [0.3, 0.4) is 0 Å². The number of aromatic hydroxyl groups is 1. The van der Waals surface area contributed by atoms with E-state index in [1.165, 1.54) is 12.1 Å². The minimum atomic E-state index is -1.16. The van der Waals surface area contributed by atoms with Gasteiger partial charge < -0.3 is 9.84 Å². The molecule has 0 unspecified atom stereocenters. The molecule has 3 aromatic carbocycles. The highest BCUT2D eigenvalue weighted by Crippen LogP contribution is 2.54. The lowest BCUT2D eigenvalue weighted by molar-refractivity contribution is -0.138. The van der Waals surface area contributed by atoms with Gasteiger partial charge in [0.1, 0.15) is 0 Å². The van der Waals surface area contributed by atoms with Gasteiger partial charge in [-0.25, -0.2) is 0 Å². The smallest absolute Gasteiger partial charge is 0.260 e. The third-order valence-corrected chi connectivity index (χ3v) is 7.53. The average molecular weight is 507 g/mol. The summed E-state index contributed by atoms with van der Waals surface area (Å²) >= 11 is 0. The van der Waals surface area contributed by atoms with E-state index in [1.54, 1.807) is 24.3 Å². The lowest BCUT2D eigenvalue weighted by atomic mass is 9.57. The molecular weight excluding hydrogens is 476 g/mol. The predicted octanol–water partition coefficient (Wildman–Crippen LogP) is 5.80. The van der Waals surface area contributed by atoms with E-state index in [0.29, 0.717) is 17.9 Å². The van der Waals surface area contributed by atoms with Gasteiger partial charge in [-0.2, -0.15) is 5.01 Å². The van der Waals surface area contributed by atoms with Gasteiger partial charge in [-0.1, -0.05) is 85.0 Å². The van der Waals surface area contributed by atoms with Gasteiger partial charge in [-0.15, -0.1) is 0 Å². The van der Waals surface area contributed by atoms with Gasteiger partial charge in [0.25, 0.3) is 11.8 Å². The van der Waals surface area contributed by atoms with Gasteiger partial charge >= 0.3 is 0 Å². The number of nitrogens with one attached hydrogen (secondary N) is 1. The fourth-order valence-corrected chi connectivity index (χ4v) is 5.62. The van der Waals surface area contributed by atoms with Crippen molar-refractivity contribution in [2.24, 2.45) is 11.8 Å². The number of hydrogen-bond donors (Lipinski definition) is 2. The van der Waals surface area contributed by atoms with Crippen LogP contribution in [0.5, 0.6) is 11.5 Å². The molecule has 38 heavy (non-hydrogen) atoms. The summed E-state index contributed by atoms with van der Waals surface area (Å²) in [6, 6.07) is 22.2. The molecule has 0 aromatic heterocycles. The fraction of sp³-hybridized carbons (Fsp3) is 0.188. The van der Waals surface area contributed by atoms with Crippen LogP contribution in [0.25, 0.3) is 6.08 Å². The number of hydrazine groups is 1. The van der Waals surface area contributed by atoms with E-state index in [0.717, 1.165) is 22.3 Å². The number of carbonyl (C=O) groups excluding carboxylic acids is 2. The second kappa shape index (κ2) is 10.1. The number of fused-ring (bicyclic) bond motifs is 1. The van der Waals surface area contributed by atoms with Crippen LogP contribution in [0.4, 0.5) is 5.69 Å². The lowest BCUT2D eigenvalue weighted by Gasteiger charge is -2.41. The Labute approximate surface area is 222 Å². The van der Waals surface area contributed by atoms with Crippen LogP contribution in [0.15, 0.2) is 103 Å². The maximum absolute atomic E-state index is 14.5. The van der Waals surface area contributed by atoms with Crippen molar-refractivity contribution < 1.29 is 19.4 Å². The van der Waals surface area contributed by atoms with Gasteiger partial charge in [0.05, 0.1) is 24.1 Å². The molecule has 6 heteroatoms. The minimum absolute atomic E-state index is 0.0456. The van der Waals surface area contributed by atoms with Crippen molar-refractivity contribution in [3.05, 3.63) is 120 Å². The highest BCUT2D eigenvalue weighted by Gasteiger charge is 2.64. The molecule has 1 aliphatic heterocycles. The Morgan fingerprint density at radius 2 is 1.82 bits per heavy atom. The number of aryl methyl sites for hydroxylation is 1. The average Bonchev–Trinajstić information content (AvgIpc) is 3.16. The number of hydrogen-bond acceptors (Lipinski definition) is 5. The molecule has 2 amide bonds. The van der Waals surface area contributed by atoms with Crippen molar-refractivity contribution in [2.45, 2.75) is 18.8 Å². The number of benzene rings is 3. The van der Waals surface area contributed by atoms with Gasteiger partial charge in [-0.3, -0.25) is 15.0 Å². The van der Waals surface area contributed by atoms with E-state index < -0.39 is 17.3 Å². The first-order valence-electron chi connectivity index (χ1n) is 12.5. The van der Waals surface area contributed by atoms with E-state index in [1.807, 2.05) is 79.7 Å². The van der Waals surface area contributed by atoms with Crippen LogP contribution in [0.2, 0.25) is 0 Å². The number of ether oxygens (including phenoxy) is 1. The molecule has 192 valence electrons. The number of nitrogens with zero attached hydrogens (tertiary/aromatic N) is 1. The molecule has 0 spiro atoms. The van der Waals surface area contributed by atoms with Gasteiger partial charge in [0.15, 0.2) is 11.5 Å². The van der Waals surface area contributed by atoms with Crippen LogP contribution < -0.4 is 10.2 Å². The number of anilines is 1. The van der Waals surface area contributed by atoms with Gasteiger partial charge in [0, 0.05) is 5.92 Å². The summed E-state index contributed by atoms with van der Waals surface area (Å²) in [5.74, 6) is -1.21. The van der Waals surface area contributed by atoms with Crippen molar-refractivity contribution in [3.8, 4) is 11.5 Å². The fourth-order valence-electron chi connectivity index (χ4n) is 5.62. The summed E-state index contributed by atoms with van der Waals surface area (Å²) in [7, 11) is 1.50. The molecule has 0 radical (unpaired) electrons.